The number of aromatic nitrogens is 2. The van der Waals surface area contributed by atoms with Crippen molar-refractivity contribution in [2.45, 2.75) is 19.9 Å². The summed E-state index contributed by atoms with van der Waals surface area (Å²) in [6.45, 7) is 3.89. The van der Waals surface area contributed by atoms with Gasteiger partial charge in [0.1, 0.15) is 11.8 Å². The molecule has 0 radical (unpaired) electrons. The molecule has 0 aliphatic carbocycles. The molecule has 0 spiro atoms. The van der Waals surface area contributed by atoms with Crippen molar-refractivity contribution < 1.29 is 9.15 Å². The minimum absolute atomic E-state index is 0.176. The fourth-order valence-corrected chi connectivity index (χ4v) is 2.50. The highest BCUT2D eigenvalue weighted by Gasteiger charge is 2.17. The Morgan fingerprint density at radius 3 is 2.62 bits per heavy atom. The van der Waals surface area contributed by atoms with Crippen molar-refractivity contribution in [3.05, 3.63) is 58.9 Å². The minimum atomic E-state index is -0.176. The van der Waals surface area contributed by atoms with Crippen LogP contribution in [0.5, 0.6) is 5.75 Å². The molecular formula is C18H18ClN3O2. The third kappa shape index (κ3) is 3.36. The van der Waals surface area contributed by atoms with Crippen LogP contribution in [0.3, 0.4) is 0 Å². The van der Waals surface area contributed by atoms with Crippen LogP contribution < -0.4 is 10.1 Å². The van der Waals surface area contributed by atoms with Crippen molar-refractivity contribution in [1.82, 2.24) is 10.2 Å². The highest BCUT2D eigenvalue weighted by Crippen LogP contribution is 2.33. The maximum atomic E-state index is 6.14. The Morgan fingerprint density at radius 1 is 1.17 bits per heavy atom. The van der Waals surface area contributed by atoms with Gasteiger partial charge in [0.15, 0.2) is 0 Å². The summed E-state index contributed by atoms with van der Waals surface area (Å²) in [5.41, 5.74) is 2.68. The van der Waals surface area contributed by atoms with Gasteiger partial charge in [0.2, 0.25) is 11.8 Å². The molecule has 1 N–H and O–H groups in total. The number of hydrogen-bond donors (Lipinski definition) is 1. The average Bonchev–Trinajstić information content (AvgIpc) is 3.09. The van der Waals surface area contributed by atoms with E-state index in [1.807, 2.05) is 50.2 Å². The summed E-state index contributed by atoms with van der Waals surface area (Å²) in [6.07, 6.45) is 0. The van der Waals surface area contributed by atoms with E-state index < -0.39 is 0 Å². The van der Waals surface area contributed by atoms with Crippen molar-refractivity contribution in [2.75, 3.05) is 12.4 Å². The first kappa shape index (κ1) is 16.3. The molecule has 0 fully saturated rings. The molecule has 0 aliphatic heterocycles. The monoisotopic (exact) mass is 343 g/mol. The third-order valence-corrected chi connectivity index (χ3v) is 4.09. The Hall–Kier alpha value is -2.53. The normalized spacial score (nSPS) is 12.0. The first-order chi connectivity index (χ1) is 11.6. The van der Waals surface area contributed by atoms with Crippen LogP contribution in [0.15, 0.2) is 46.9 Å². The molecule has 1 atom stereocenters. The number of hydrogen-bond acceptors (Lipinski definition) is 5. The average molecular weight is 344 g/mol. The van der Waals surface area contributed by atoms with Crippen molar-refractivity contribution >= 4 is 17.3 Å². The summed E-state index contributed by atoms with van der Waals surface area (Å²) in [5, 5.41) is 12.2. The molecule has 0 saturated heterocycles. The second-order valence-corrected chi connectivity index (χ2v) is 5.89. The van der Waals surface area contributed by atoms with Gasteiger partial charge in [-0.3, -0.25) is 0 Å². The number of rotatable bonds is 5. The zero-order valence-corrected chi connectivity index (χ0v) is 14.5. The Balaban J connectivity index is 1.82. The summed E-state index contributed by atoms with van der Waals surface area (Å²) in [5.74, 6) is 1.67. The summed E-state index contributed by atoms with van der Waals surface area (Å²) in [6, 6.07) is 13.2. The zero-order chi connectivity index (χ0) is 17.1. The maximum absolute atomic E-state index is 6.14. The van der Waals surface area contributed by atoms with E-state index in [2.05, 4.69) is 15.5 Å². The first-order valence-electron chi connectivity index (χ1n) is 7.58. The Labute approximate surface area is 145 Å². The van der Waals surface area contributed by atoms with E-state index in [-0.39, 0.29) is 6.04 Å². The van der Waals surface area contributed by atoms with Gasteiger partial charge in [0, 0.05) is 16.7 Å². The zero-order valence-electron chi connectivity index (χ0n) is 13.7. The molecule has 2 aromatic carbocycles. The molecule has 0 amide bonds. The van der Waals surface area contributed by atoms with Gasteiger partial charge >= 0.3 is 0 Å². The van der Waals surface area contributed by atoms with Gasteiger partial charge in [0.05, 0.1) is 12.8 Å². The van der Waals surface area contributed by atoms with E-state index in [1.165, 1.54) is 0 Å². The number of nitrogens with zero attached hydrogens (tertiary/aromatic N) is 2. The van der Waals surface area contributed by atoms with Gasteiger partial charge in [-0.15, -0.1) is 10.2 Å². The fourth-order valence-electron chi connectivity index (χ4n) is 2.35. The molecular weight excluding hydrogens is 326 g/mol. The van der Waals surface area contributed by atoms with E-state index in [0.717, 1.165) is 16.8 Å². The van der Waals surface area contributed by atoms with Gasteiger partial charge in [-0.05, 0) is 37.6 Å². The van der Waals surface area contributed by atoms with Crippen LogP contribution in [0, 0.1) is 6.92 Å². The standard InChI is InChI=1S/C18H18ClN3O2/c1-11-9-15(16(23-3)10-14(11)19)20-12(2)17-21-22-18(24-17)13-7-5-4-6-8-13/h4-10,12,20H,1-3H3/t12-/m0/s1. The topological polar surface area (TPSA) is 60.2 Å². The van der Waals surface area contributed by atoms with E-state index >= 15 is 0 Å². The SMILES string of the molecule is COc1cc(Cl)c(C)cc1N[C@@H](C)c1nnc(-c2ccccc2)o1. The fraction of sp³-hybridized carbons (Fsp3) is 0.222. The van der Waals surface area contributed by atoms with E-state index in [9.17, 15) is 0 Å². The molecule has 0 saturated carbocycles. The second-order valence-electron chi connectivity index (χ2n) is 5.48. The highest BCUT2D eigenvalue weighted by molar-refractivity contribution is 6.31. The minimum Gasteiger partial charge on any atom is -0.495 e. The predicted octanol–water partition coefficient (Wildman–Crippen LogP) is 4.88. The first-order valence-corrected chi connectivity index (χ1v) is 7.95. The molecule has 0 unspecified atom stereocenters. The molecule has 3 rings (SSSR count). The van der Waals surface area contributed by atoms with E-state index in [1.54, 1.807) is 13.2 Å². The van der Waals surface area contributed by atoms with Crippen LogP contribution in [0.4, 0.5) is 5.69 Å². The highest BCUT2D eigenvalue weighted by atomic mass is 35.5. The molecule has 124 valence electrons. The lowest BCUT2D eigenvalue weighted by Crippen LogP contribution is -2.08. The summed E-state index contributed by atoms with van der Waals surface area (Å²) >= 11 is 6.14. The Bertz CT molecular complexity index is 834. The van der Waals surface area contributed by atoms with Gasteiger partial charge in [0.25, 0.3) is 0 Å². The van der Waals surface area contributed by atoms with Gasteiger partial charge in [-0.25, -0.2) is 0 Å². The van der Waals surface area contributed by atoms with E-state index in [4.69, 9.17) is 20.8 Å². The number of benzene rings is 2. The molecule has 1 aromatic heterocycles. The Kier molecular flexibility index (Phi) is 4.71. The molecule has 0 bridgehead atoms. The maximum Gasteiger partial charge on any atom is 0.247 e. The quantitative estimate of drug-likeness (QED) is 0.715. The lowest BCUT2D eigenvalue weighted by molar-refractivity contribution is 0.415. The van der Waals surface area contributed by atoms with Crippen LogP contribution in [0.25, 0.3) is 11.5 Å². The van der Waals surface area contributed by atoms with Gasteiger partial charge in [-0.1, -0.05) is 29.8 Å². The largest absolute Gasteiger partial charge is 0.495 e. The van der Waals surface area contributed by atoms with Crippen molar-refractivity contribution in [3.63, 3.8) is 0 Å². The van der Waals surface area contributed by atoms with E-state index in [0.29, 0.717) is 22.6 Å². The van der Waals surface area contributed by atoms with Crippen LogP contribution in [-0.2, 0) is 0 Å². The number of methoxy groups -OCH3 is 1. The van der Waals surface area contributed by atoms with Gasteiger partial charge in [-0.2, -0.15) is 0 Å². The van der Waals surface area contributed by atoms with Crippen molar-refractivity contribution in [2.24, 2.45) is 0 Å². The number of nitrogens with one attached hydrogen (secondary N) is 1. The lowest BCUT2D eigenvalue weighted by atomic mass is 10.2. The second kappa shape index (κ2) is 6.93. The van der Waals surface area contributed by atoms with Crippen molar-refractivity contribution in [3.8, 4) is 17.2 Å². The molecule has 3 aromatic rings. The smallest absolute Gasteiger partial charge is 0.247 e. The van der Waals surface area contributed by atoms with Gasteiger partial charge < -0.3 is 14.5 Å². The number of halogens is 1. The molecule has 5 nitrogen and oxygen atoms in total. The molecule has 1 heterocycles. The summed E-state index contributed by atoms with van der Waals surface area (Å²) in [7, 11) is 1.61. The summed E-state index contributed by atoms with van der Waals surface area (Å²) < 4.78 is 11.2. The van der Waals surface area contributed by atoms with Crippen molar-refractivity contribution in [1.29, 1.82) is 0 Å². The molecule has 24 heavy (non-hydrogen) atoms. The molecule has 6 heteroatoms. The number of ether oxygens (including phenoxy) is 1. The number of aryl methyl sites for hydroxylation is 1. The Morgan fingerprint density at radius 2 is 1.92 bits per heavy atom. The number of anilines is 1. The van der Waals surface area contributed by atoms with Crippen LogP contribution in [0.1, 0.15) is 24.4 Å². The van der Waals surface area contributed by atoms with Crippen LogP contribution in [-0.4, -0.2) is 17.3 Å². The third-order valence-electron chi connectivity index (χ3n) is 3.68. The lowest BCUT2D eigenvalue weighted by Gasteiger charge is -2.16. The van der Waals surface area contributed by atoms with Crippen LogP contribution >= 0.6 is 11.6 Å². The molecule has 0 aliphatic rings. The predicted molar refractivity (Wildman–Crippen MR) is 94.5 cm³/mol. The van der Waals surface area contributed by atoms with Crippen LogP contribution in [0.2, 0.25) is 5.02 Å². The summed E-state index contributed by atoms with van der Waals surface area (Å²) in [4.78, 5) is 0.